The first-order chi connectivity index (χ1) is 14.2. The average molecular weight is 438 g/mol. The van der Waals surface area contributed by atoms with Gasteiger partial charge in [-0.1, -0.05) is 10.8 Å². The standard InChI is InChI=1S/C20H21F3N4O2S/c1-4-30(3)29-8-7-28-18-6-5-13(9-14(18)20(21,22)23)15-10-17-19(16(11-24)26-15)25-12-27(17)2/h4-6,9-10,25H,7-8,12H2,1-3H3. The smallest absolute Gasteiger partial charge is 0.419 e. The fraction of sp³-hybridized carbons (Fsp3) is 0.350. The fourth-order valence-electron chi connectivity index (χ4n) is 2.94. The summed E-state index contributed by atoms with van der Waals surface area (Å²) in [6.45, 7) is 2.52. The normalized spacial score (nSPS) is 14.2. The molecule has 1 N–H and O–H groups in total. The molecule has 0 saturated carbocycles. The number of anilines is 2. The first kappa shape index (κ1) is 21.9. The van der Waals surface area contributed by atoms with E-state index < -0.39 is 11.7 Å². The number of nitriles is 1. The number of ether oxygens (including phenoxy) is 1. The van der Waals surface area contributed by atoms with E-state index >= 15 is 0 Å². The van der Waals surface area contributed by atoms with Crippen LogP contribution in [0.25, 0.3) is 11.3 Å². The maximum absolute atomic E-state index is 13.7. The molecule has 0 saturated heterocycles. The number of halogens is 3. The maximum Gasteiger partial charge on any atom is 0.419 e. The number of nitrogens with one attached hydrogen (secondary N) is 1. The van der Waals surface area contributed by atoms with E-state index in [1.807, 2.05) is 36.6 Å². The molecule has 6 nitrogen and oxygen atoms in total. The summed E-state index contributed by atoms with van der Waals surface area (Å²) in [5, 5.41) is 14.3. The molecule has 1 aromatic heterocycles. The van der Waals surface area contributed by atoms with E-state index in [1.165, 1.54) is 12.1 Å². The minimum Gasteiger partial charge on any atom is -0.491 e. The molecule has 1 atom stereocenters. The molecular formula is C20H21F3N4O2S. The SMILES string of the molecule is C/C=S(\C)OCCOc1ccc(-c2cc3c(c(C#N)n2)NCN3C)cc1C(F)(F)F. The molecule has 2 heterocycles. The molecule has 0 fully saturated rings. The first-order valence-corrected chi connectivity index (χ1v) is 10.7. The van der Waals surface area contributed by atoms with Gasteiger partial charge < -0.3 is 19.1 Å². The number of aromatic nitrogens is 1. The maximum atomic E-state index is 13.7. The van der Waals surface area contributed by atoms with Crippen molar-refractivity contribution in [2.24, 2.45) is 0 Å². The van der Waals surface area contributed by atoms with Crippen molar-refractivity contribution in [3.8, 4) is 23.1 Å². The van der Waals surface area contributed by atoms with Crippen molar-refractivity contribution in [3.63, 3.8) is 0 Å². The Morgan fingerprint density at radius 3 is 2.77 bits per heavy atom. The van der Waals surface area contributed by atoms with E-state index in [0.29, 0.717) is 18.0 Å². The van der Waals surface area contributed by atoms with Crippen LogP contribution in [-0.2, 0) is 10.4 Å². The van der Waals surface area contributed by atoms with Gasteiger partial charge in [0.1, 0.15) is 18.4 Å². The van der Waals surface area contributed by atoms with Crippen LogP contribution in [0, 0.1) is 11.3 Å². The molecule has 0 amide bonds. The Balaban J connectivity index is 1.93. The molecule has 30 heavy (non-hydrogen) atoms. The van der Waals surface area contributed by atoms with Gasteiger partial charge in [-0.2, -0.15) is 18.4 Å². The summed E-state index contributed by atoms with van der Waals surface area (Å²) in [6.07, 6.45) is -2.74. The summed E-state index contributed by atoms with van der Waals surface area (Å²) < 4.78 is 51.7. The summed E-state index contributed by atoms with van der Waals surface area (Å²) in [5.41, 5.74) is 1.07. The predicted octanol–water partition coefficient (Wildman–Crippen LogP) is 4.49. The van der Waals surface area contributed by atoms with Crippen LogP contribution in [-0.4, -0.2) is 43.5 Å². The van der Waals surface area contributed by atoms with Crippen LogP contribution in [0.1, 0.15) is 18.2 Å². The van der Waals surface area contributed by atoms with E-state index in [9.17, 15) is 18.4 Å². The zero-order valence-corrected chi connectivity index (χ0v) is 17.5. The van der Waals surface area contributed by atoms with Crippen molar-refractivity contribution in [1.82, 2.24) is 4.98 Å². The molecule has 0 bridgehead atoms. The van der Waals surface area contributed by atoms with Crippen LogP contribution in [0.5, 0.6) is 5.75 Å². The lowest BCUT2D eigenvalue weighted by Gasteiger charge is -2.16. The molecule has 1 aliphatic rings. The van der Waals surface area contributed by atoms with Crippen LogP contribution in [0.3, 0.4) is 0 Å². The Hall–Kier alpha value is -2.77. The van der Waals surface area contributed by atoms with Gasteiger partial charge in [-0.25, -0.2) is 4.98 Å². The van der Waals surface area contributed by atoms with Gasteiger partial charge in [-0.05, 0) is 36.6 Å². The lowest BCUT2D eigenvalue weighted by Crippen LogP contribution is -2.15. The highest BCUT2D eigenvalue weighted by Crippen LogP contribution is 2.40. The van der Waals surface area contributed by atoms with Crippen LogP contribution in [0.15, 0.2) is 24.3 Å². The second-order valence-electron chi connectivity index (χ2n) is 6.51. The second-order valence-corrected chi connectivity index (χ2v) is 8.21. The van der Waals surface area contributed by atoms with Crippen molar-refractivity contribution < 1.29 is 22.1 Å². The zero-order chi connectivity index (χ0) is 21.9. The second kappa shape index (κ2) is 8.93. The topological polar surface area (TPSA) is 70.4 Å². The van der Waals surface area contributed by atoms with Gasteiger partial charge >= 0.3 is 6.18 Å². The molecule has 1 aromatic carbocycles. The minimum absolute atomic E-state index is 0.000252. The monoisotopic (exact) mass is 438 g/mol. The molecule has 0 aliphatic carbocycles. The van der Waals surface area contributed by atoms with Crippen molar-refractivity contribution in [1.29, 1.82) is 5.26 Å². The van der Waals surface area contributed by atoms with Gasteiger partial charge in [0, 0.05) is 18.9 Å². The van der Waals surface area contributed by atoms with Crippen molar-refractivity contribution in [2.75, 3.05) is 43.4 Å². The molecule has 0 spiro atoms. The van der Waals surface area contributed by atoms with Crippen LogP contribution < -0.4 is 15.0 Å². The van der Waals surface area contributed by atoms with Gasteiger partial charge in [-0.15, -0.1) is 0 Å². The fourth-order valence-corrected chi connectivity index (χ4v) is 3.41. The zero-order valence-electron chi connectivity index (χ0n) is 16.7. The third-order valence-corrected chi connectivity index (χ3v) is 5.73. The Bertz CT molecular complexity index is 1020. The quantitative estimate of drug-likeness (QED) is 0.529. The first-order valence-electron chi connectivity index (χ1n) is 9.06. The van der Waals surface area contributed by atoms with Crippen LogP contribution in [0.4, 0.5) is 24.5 Å². The van der Waals surface area contributed by atoms with Gasteiger partial charge in [0.15, 0.2) is 5.69 Å². The Kier molecular flexibility index (Phi) is 6.53. The predicted molar refractivity (Wildman–Crippen MR) is 113 cm³/mol. The van der Waals surface area contributed by atoms with Gasteiger partial charge in [0.25, 0.3) is 0 Å². The summed E-state index contributed by atoms with van der Waals surface area (Å²) in [7, 11) is 1.46. The molecule has 160 valence electrons. The Morgan fingerprint density at radius 2 is 2.10 bits per heavy atom. The van der Waals surface area contributed by atoms with Crippen LogP contribution >= 0.6 is 10.8 Å². The number of hydrogen-bond donors (Lipinski definition) is 1. The third kappa shape index (κ3) is 4.68. The molecule has 2 aromatic rings. The number of fused-ring (bicyclic) bond motifs is 1. The highest BCUT2D eigenvalue weighted by molar-refractivity contribution is 8.10. The van der Waals surface area contributed by atoms with Gasteiger partial charge in [0.05, 0.1) is 35.9 Å². The number of alkyl halides is 3. The number of hydrogen-bond acceptors (Lipinski definition) is 6. The molecule has 1 aliphatic heterocycles. The van der Waals surface area contributed by atoms with E-state index in [0.717, 1.165) is 6.07 Å². The number of pyridine rings is 1. The number of nitrogens with zero attached hydrogens (tertiary/aromatic N) is 3. The Morgan fingerprint density at radius 1 is 1.33 bits per heavy atom. The van der Waals surface area contributed by atoms with Gasteiger partial charge in [-0.3, -0.25) is 0 Å². The molecule has 1 unspecified atom stereocenters. The molecular weight excluding hydrogens is 417 g/mol. The van der Waals surface area contributed by atoms with Gasteiger partial charge in [0.2, 0.25) is 0 Å². The summed E-state index contributed by atoms with van der Waals surface area (Å²) in [6, 6.07) is 7.45. The number of rotatable bonds is 6. The highest BCUT2D eigenvalue weighted by atomic mass is 32.2. The summed E-state index contributed by atoms with van der Waals surface area (Å²) in [4.78, 5) is 6.10. The average Bonchev–Trinajstić information content (AvgIpc) is 3.10. The van der Waals surface area contributed by atoms with E-state index in [1.54, 1.807) is 6.07 Å². The molecule has 0 radical (unpaired) electrons. The van der Waals surface area contributed by atoms with Crippen molar-refractivity contribution in [2.45, 2.75) is 13.1 Å². The Labute approximate surface area is 175 Å². The molecule has 10 heteroatoms. The van der Waals surface area contributed by atoms with E-state index in [4.69, 9.17) is 8.92 Å². The summed E-state index contributed by atoms with van der Waals surface area (Å²) in [5.74, 6) is -0.272. The summed E-state index contributed by atoms with van der Waals surface area (Å²) >= 11 is 0. The minimum atomic E-state index is -4.61. The van der Waals surface area contributed by atoms with E-state index in [2.05, 4.69) is 10.3 Å². The van der Waals surface area contributed by atoms with Crippen molar-refractivity contribution >= 4 is 27.5 Å². The molecule has 3 rings (SSSR count). The van der Waals surface area contributed by atoms with Crippen LogP contribution in [0.2, 0.25) is 0 Å². The van der Waals surface area contributed by atoms with E-state index in [-0.39, 0.29) is 46.7 Å². The lowest BCUT2D eigenvalue weighted by molar-refractivity contribution is -0.139. The number of benzene rings is 1. The lowest BCUT2D eigenvalue weighted by atomic mass is 10.0. The van der Waals surface area contributed by atoms with Crippen molar-refractivity contribution in [3.05, 3.63) is 35.5 Å². The highest BCUT2D eigenvalue weighted by Gasteiger charge is 2.35. The largest absolute Gasteiger partial charge is 0.491 e. The third-order valence-electron chi connectivity index (χ3n) is 4.53.